The smallest absolute Gasteiger partial charge is 0.256 e. The van der Waals surface area contributed by atoms with Gasteiger partial charge in [0.1, 0.15) is 5.01 Å². The molecule has 0 radical (unpaired) electrons. The molecule has 264 valence electrons. The van der Waals surface area contributed by atoms with E-state index in [4.69, 9.17) is 23.9 Å². The van der Waals surface area contributed by atoms with Crippen LogP contribution in [0.1, 0.15) is 48.9 Å². The predicted molar refractivity (Wildman–Crippen MR) is 199 cm³/mol. The first-order chi connectivity index (χ1) is 24.6. The van der Waals surface area contributed by atoms with Gasteiger partial charge in [0.05, 0.1) is 54.9 Å². The quantitative estimate of drug-likeness (QED) is 0.124. The van der Waals surface area contributed by atoms with Crippen LogP contribution in [0.5, 0.6) is 23.0 Å². The maximum Gasteiger partial charge on any atom is 0.256 e. The number of fused-ring (bicyclic) bond motifs is 3. The minimum absolute atomic E-state index is 0.0271. The lowest BCUT2D eigenvalue weighted by molar-refractivity contribution is 0.0774. The van der Waals surface area contributed by atoms with Crippen LogP contribution < -0.4 is 18.9 Å². The number of carbonyl (C=O) groups excluding carboxylic acids is 1. The third-order valence-electron chi connectivity index (χ3n) is 9.88. The molecule has 10 nitrogen and oxygen atoms in total. The van der Waals surface area contributed by atoms with Gasteiger partial charge in [0.25, 0.3) is 5.91 Å². The van der Waals surface area contributed by atoms with Gasteiger partial charge in [0.15, 0.2) is 23.0 Å². The summed E-state index contributed by atoms with van der Waals surface area (Å²) in [5.41, 5.74) is 3.31. The van der Waals surface area contributed by atoms with Crippen LogP contribution in [0, 0.1) is 0 Å². The Balaban J connectivity index is 0.779. The van der Waals surface area contributed by atoms with Gasteiger partial charge >= 0.3 is 0 Å². The summed E-state index contributed by atoms with van der Waals surface area (Å²) in [5.74, 6) is 2.78. The first-order valence-electron chi connectivity index (χ1n) is 17.9. The van der Waals surface area contributed by atoms with Gasteiger partial charge in [-0.15, -0.1) is 11.3 Å². The Hall–Kier alpha value is -4.19. The number of hydrogen-bond acceptors (Lipinski definition) is 10. The zero-order valence-corrected chi connectivity index (χ0v) is 30.0. The van der Waals surface area contributed by atoms with Crippen molar-refractivity contribution in [3.8, 4) is 33.6 Å². The average molecular weight is 698 g/mol. The van der Waals surface area contributed by atoms with Crippen LogP contribution in [-0.2, 0) is 0 Å². The van der Waals surface area contributed by atoms with Crippen molar-refractivity contribution in [2.75, 3.05) is 73.2 Å². The molecule has 0 spiro atoms. The van der Waals surface area contributed by atoms with Crippen LogP contribution in [0.2, 0.25) is 0 Å². The maximum atomic E-state index is 13.1. The minimum Gasteiger partial charge on any atom is -0.493 e. The predicted octanol–water partition coefficient (Wildman–Crippen LogP) is 6.94. The van der Waals surface area contributed by atoms with E-state index in [0.717, 1.165) is 112 Å². The minimum atomic E-state index is 0.0271. The van der Waals surface area contributed by atoms with Crippen LogP contribution in [0.3, 0.4) is 0 Å². The molecule has 50 heavy (non-hydrogen) atoms. The molecular formula is C39H47N5O5S. The van der Waals surface area contributed by atoms with Gasteiger partial charge in [0.2, 0.25) is 0 Å². The molecule has 2 fully saturated rings. The topological polar surface area (TPSA) is 89.0 Å². The number of hydrogen-bond donors (Lipinski definition) is 0. The van der Waals surface area contributed by atoms with E-state index in [2.05, 4.69) is 26.9 Å². The molecule has 4 aromatic rings. The summed E-state index contributed by atoms with van der Waals surface area (Å²) in [7, 11) is 3.31. The Morgan fingerprint density at radius 1 is 0.780 bits per heavy atom. The van der Waals surface area contributed by atoms with Gasteiger partial charge in [-0.05, 0) is 88.0 Å². The summed E-state index contributed by atoms with van der Waals surface area (Å²) in [6, 6.07) is 18.0. The molecule has 7 rings (SSSR count). The number of methoxy groups -OCH3 is 2. The number of aliphatic imine (C=N–C) groups is 1. The molecule has 3 aliphatic rings. The van der Waals surface area contributed by atoms with Crippen LogP contribution in [0.25, 0.3) is 20.8 Å². The van der Waals surface area contributed by atoms with Gasteiger partial charge in [-0.3, -0.25) is 9.79 Å². The van der Waals surface area contributed by atoms with Crippen LogP contribution in [0.4, 0.5) is 5.69 Å². The van der Waals surface area contributed by atoms with Gasteiger partial charge in [-0.1, -0.05) is 12.1 Å². The summed E-state index contributed by atoms with van der Waals surface area (Å²) in [6.07, 6.45) is 8.02. The van der Waals surface area contributed by atoms with Crippen molar-refractivity contribution in [3.63, 3.8) is 0 Å². The summed E-state index contributed by atoms with van der Waals surface area (Å²) >= 11 is 1.69. The van der Waals surface area contributed by atoms with Crippen molar-refractivity contribution < 1.29 is 23.7 Å². The number of nitrogens with zero attached hydrogens (tertiary/aromatic N) is 5. The third kappa shape index (κ3) is 7.90. The fraction of sp³-hybridized carbons (Fsp3) is 0.462. The largest absolute Gasteiger partial charge is 0.493 e. The van der Waals surface area contributed by atoms with Crippen molar-refractivity contribution >= 4 is 39.4 Å². The molecule has 1 aromatic heterocycles. The Morgan fingerprint density at radius 3 is 2.20 bits per heavy atom. The molecule has 0 aliphatic carbocycles. The van der Waals surface area contributed by atoms with E-state index < -0.39 is 0 Å². The molecule has 1 amide bonds. The average Bonchev–Trinajstić information content (AvgIpc) is 3.79. The Morgan fingerprint density at radius 2 is 1.48 bits per heavy atom. The highest BCUT2D eigenvalue weighted by molar-refractivity contribution is 7.21. The number of carbonyl (C=O) groups is 1. The molecule has 0 unspecified atom stereocenters. The number of benzene rings is 3. The second kappa shape index (κ2) is 16.2. The fourth-order valence-corrected chi connectivity index (χ4v) is 7.97. The van der Waals surface area contributed by atoms with E-state index >= 15 is 0 Å². The van der Waals surface area contributed by atoms with E-state index in [9.17, 15) is 4.79 Å². The van der Waals surface area contributed by atoms with Crippen LogP contribution in [0.15, 0.2) is 59.6 Å². The highest BCUT2D eigenvalue weighted by Crippen LogP contribution is 2.39. The van der Waals surface area contributed by atoms with Gasteiger partial charge in [-0.2, -0.15) is 0 Å². The summed E-state index contributed by atoms with van der Waals surface area (Å²) in [6.45, 7) is 8.60. The first-order valence-corrected chi connectivity index (χ1v) is 18.7. The number of unbranched alkanes of at least 4 members (excludes halogenated alkanes) is 2. The molecule has 3 aliphatic heterocycles. The Bertz CT molecular complexity index is 1770. The van der Waals surface area contributed by atoms with Crippen molar-refractivity contribution in [2.24, 2.45) is 4.99 Å². The summed E-state index contributed by atoms with van der Waals surface area (Å²) in [4.78, 5) is 29.6. The number of rotatable bonds is 15. The summed E-state index contributed by atoms with van der Waals surface area (Å²) < 4.78 is 24.7. The Labute approximate surface area is 298 Å². The van der Waals surface area contributed by atoms with E-state index in [1.165, 1.54) is 4.70 Å². The molecule has 0 N–H and O–H groups in total. The van der Waals surface area contributed by atoms with E-state index in [1.807, 2.05) is 47.5 Å². The number of thiazole rings is 1. The van der Waals surface area contributed by atoms with Crippen molar-refractivity contribution in [3.05, 3.63) is 60.2 Å². The Kier molecular flexibility index (Phi) is 11.1. The standard InChI is InChI=1S/C39H47N5O5S/c1-46-34-24-28(38-41-31-11-3-4-12-37(31)50-38)13-14-33(34)48-22-7-5-15-42-18-20-43(21-19-42)16-6-8-23-49-36-26-32-30(25-35(36)47-2)39(45)44-17-9-10-29(44)27-40-32/h3-4,11-14,24-27,29H,5-10,15-23H2,1-2H3/t29-/m0/s1. The zero-order chi connectivity index (χ0) is 34.3. The normalized spacial score (nSPS) is 17.8. The molecule has 1 atom stereocenters. The second-order valence-corrected chi connectivity index (χ2v) is 14.2. The monoisotopic (exact) mass is 697 g/mol. The fourth-order valence-electron chi connectivity index (χ4n) is 7.01. The van der Waals surface area contributed by atoms with Gasteiger partial charge < -0.3 is 33.6 Å². The van der Waals surface area contributed by atoms with Crippen molar-refractivity contribution in [2.45, 2.75) is 44.6 Å². The summed E-state index contributed by atoms with van der Waals surface area (Å²) in [5, 5.41) is 0.985. The molecule has 0 bridgehead atoms. The number of amides is 1. The lowest BCUT2D eigenvalue weighted by Crippen LogP contribution is -2.46. The molecule has 0 saturated carbocycles. The maximum absolute atomic E-state index is 13.1. The molecule has 3 aromatic carbocycles. The zero-order valence-electron chi connectivity index (χ0n) is 29.1. The SMILES string of the molecule is COc1cc(-c2nc3ccccc3s2)ccc1OCCCCN1CCN(CCCCOc2cc3c(cc2OC)C(=O)N2CCC[C@H]2C=N3)CC1. The third-order valence-corrected chi connectivity index (χ3v) is 11.0. The number of piperazine rings is 1. The lowest BCUT2D eigenvalue weighted by Gasteiger charge is -2.34. The van der Waals surface area contributed by atoms with E-state index in [1.54, 1.807) is 31.6 Å². The molecule has 4 heterocycles. The highest BCUT2D eigenvalue weighted by atomic mass is 32.1. The van der Waals surface area contributed by atoms with Crippen molar-refractivity contribution in [1.29, 1.82) is 0 Å². The number of ether oxygens (including phenoxy) is 4. The number of para-hydroxylation sites is 1. The van der Waals surface area contributed by atoms with Crippen LogP contribution in [-0.4, -0.2) is 111 Å². The van der Waals surface area contributed by atoms with Gasteiger partial charge in [-0.25, -0.2) is 4.98 Å². The van der Waals surface area contributed by atoms with Gasteiger partial charge in [0, 0.05) is 50.6 Å². The van der Waals surface area contributed by atoms with E-state index in [-0.39, 0.29) is 11.9 Å². The highest BCUT2D eigenvalue weighted by Gasteiger charge is 2.32. The lowest BCUT2D eigenvalue weighted by atomic mass is 10.1. The first kappa shape index (κ1) is 34.3. The molecule has 11 heteroatoms. The molecule has 2 saturated heterocycles. The second-order valence-electron chi connectivity index (χ2n) is 13.2. The number of aromatic nitrogens is 1. The molecular weight excluding hydrogens is 651 g/mol. The van der Waals surface area contributed by atoms with Crippen LogP contribution >= 0.6 is 11.3 Å². The van der Waals surface area contributed by atoms with E-state index in [0.29, 0.717) is 36.0 Å². The van der Waals surface area contributed by atoms with Crippen molar-refractivity contribution in [1.82, 2.24) is 19.7 Å².